The van der Waals surface area contributed by atoms with E-state index < -0.39 is 0 Å². The van der Waals surface area contributed by atoms with Crippen LogP contribution in [0.5, 0.6) is 0 Å². The van der Waals surface area contributed by atoms with Gasteiger partial charge in [0.1, 0.15) is 0 Å². The van der Waals surface area contributed by atoms with Crippen molar-refractivity contribution in [2.75, 3.05) is 7.05 Å². The molecular formula is C15H16BrClN2. The van der Waals surface area contributed by atoms with Crippen LogP contribution in [0.2, 0.25) is 5.02 Å². The lowest BCUT2D eigenvalue weighted by molar-refractivity contribution is 0.315. The smallest absolute Gasteiger partial charge is 0.0547 e. The van der Waals surface area contributed by atoms with Crippen LogP contribution in [-0.4, -0.2) is 16.9 Å². The maximum absolute atomic E-state index is 6.23. The fourth-order valence-electron chi connectivity index (χ4n) is 1.96. The summed E-state index contributed by atoms with van der Waals surface area (Å²) in [5, 5.41) is 0.790. The quantitative estimate of drug-likeness (QED) is 0.819. The highest BCUT2D eigenvalue weighted by Crippen LogP contribution is 2.22. The third-order valence-corrected chi connectivity index (χ3v) is 3.68. The van der Waals surface area contributed by atoms with Gasteiger partial charge in [-0.1, -0.05) is 39.7 Å². The minimum Gasteiger partial charge on any atom is -0.296 e. The van der Waals surface area contributed by atoms with Crippen LogP contribution in [-0.2, 0) is 13.1 Å². The first kappa shape index (κ1) is 14.5. The Bertz CT molecular complexity index is 572. The van der Waals surface area contributed by atoms with Gasteiger partial charge in [-0.25, -0.2) is 0 Å². The molecule has 0 saturated carbocycles. The highest BCUT2D eigenvalue weighted by molar-refractivity contribution is 9.10. The van der Waals surface area contributed by atoms with Gasteiger partial charge in [0.15, 0.2) is 0 Å². The van der Waals surface area contributed by atoms with Crippen molar-refractivity contribution in [3.05, 3.63) is 62.8 Å². The minimum absolute atomic E-state index is 0.790. The lowest BCUT2D eigenvalue weighted by atomic mass is 10.2. The normalized spacial score (nSPS) is 11.0. The van der Waals surface area contributed by atoms with Crippen LogP contribution in [0.3, 0.4) is 0 Å². The second-order valence-corrected chi connectivity index (χ2v) is 6.00. The van der Waals surface area contributed by atoms with Crippen molar-refractivity contribution in [3.63, 3.8) is 0 Å². The molecule has 0 radical (unpaired) electrons. The van der Waals surface area contributed by atoms with E-state index in [9.17, 15) is 0 Å². The summed E-state index contributed by atoms with van der Waals surface area (Å²) in [5.74, 6) is 0. The Hall–Kier alpha value is -0.900. The lowest BCUT2D eigenvalue weighted by Crippen LogP contribution is -2.18. The Morgan fingerprint density at radius 3 is 2.68 bits per heavy atom. The molecule has 0 N–H and O–H groups in total. The number of nitrogens with zero attached hydrogens (tertiary/aromatic N) is 2. The van der Waals surface area contributed by atoms with Crippen molar-refractivity contribution in [3.8, 4) is 0 Å². The van der Waals surface area contributed by atoms with Gasteiger partial charge in [-0.3, -0.25) is 9.88 Å². The summed E-state index contributed by atoms with van der Waals surface area (Å²) in [6.45, 7) is 3.63. The summed E-state index contributed by atoms with van der Waals surface area (Å²) in [4.78, 5) is 6.71. The Morgan fingerprint density at radius 1 is 1.21 bits per heavy atom. The highest BCUT2D eigenvalue weighted by atomic mass is 79.9. The average Bonchev–Trinajstić information content (AvgIpc) is 2.33. The van der Waals surface area contributed by atoms with Crippen LogP contribution < -0.4 is 0 Å². The van der Waals surface area contributed by atoms with Gasteiger partial charge in [0.05, 0.1) is 5.69 Å². The molecule has 1 aromatic carbocycles. The number of pyridine rings is 1. The van der Waals surface area contributed by atoms with Gasteiger partial charge in [-0.2, -0.15) is 0 Å². The molecule has 100 valence electrons. The van der Waals surface area contributed by atoms with E-state index in [1.807, 2.05) is 43.3 Å². The van der Waals surface area contributed by atoms with E-state index in [4.69, 9.17) is 11.6 Å². The largest absolute Gasteiger partial charge is 0.296 e. The lowest BCUT2D eigenvalue weighted by Gasteiger charge is -2.17. The van der Waals surface area contributed by atoms with Crippen LogP contribution >= 0.6 is 27.5 Å². The zero-order chi connectivity index (χ0) is 13.8. The van der Waals surface area contributed by atoms with Gasteiger partial charge in [0.25, 0.3) is 0 Å². The van der Waals surface area contributed by atoms with Crippen LogP contribution in [0.15, 0.2) is 40.9 Å². The Morgan fingerprint density at radius 2 is 2.00 bits per heavy atom. The SMILES string of the molecule is Cc1cccc(CN(C)Cc2ccc(Br)cc2Cl)n1. The van der Waals surface area contributed by atoms with E-state index in [-0.39, 0.29) is 0 Å². The average molecular weight is 340 g/mol. The molecule has 0 saturated heterocycles. The number of hydrogen-bond acceptors (Lipinski definition) is 2. The van der Waals surface area contributed by atoms with Crippen molar-refractivity contribution < 1.29 is 0 Å². The van der Waals surface area contributed by atoms with Gasteiger partial charge in [0.2, 0.25) is 0 Å². The van der Waals surface area contributed by atoms with Crippen LogP contribution in [0.1, 0.15) is 17.0 Å². The molecule has 2 rings (SSSR count). The first-order valence-electron chi connectivity index (χ1n) is 6.09. The summed E-state index contributed by atoms with van der Waals surface area (Å²) in [5.41, 5.74) is 3.25. The van der Waals surface area contributed by atoms with E-state index >= 15 is 0 Å². The Balaban J connectivity index is 2.03. The number of rotatable bonds is 4. The van der Waals surface area contributed by atoms with Crippen molar-refractivity contribution in [1.82, 2.24) is 9.88 Å². The number of aryl methyl sites for hydroxylation is 1. The molecule has 0 fully saturated rings. The van der Waals surface area contributed by atoms with Crippen LogP contribution in [0, 0.1) is 6.92 Å². The minimum atomic E-state index is 0.790. The molecule has 1 aromatic heterocycles. The number of aromatic nitrogens is 1. The molecule has 0 unspecified atom stereocenters. The van der Waals surface area contributed by atoms with E-state index in [0.717, 1.165) is 39.5 Å². The number of hydrogen-bond donors (Lipinski definition) is 0. The third kappa shape index (κ3) is 4.30. The predicted octanol–water partition coefficient (Wildman–Crippen LogP) is 4.44. The summed E-state index contributed by atoms with van der Waals surface area (Å²) in [6, 6.07) is 12.1. The van der Waals surface area contributed by atoms with Gasteiger partial charge in [-0.05, 0) is 43.8 Å². The van der Waals surface area contributed by atoms with Crippen LogP contribution in [0.4, 0.5) is 0 Å². The fourth-order valence-corrected chi connectivity index (χ4v) is 2.69. The summed E-state index contributed by atoms with van der Waals surface area (Å²) in [6.07, 6.45) is 0. The maximum Gasteiger partial charge on any atom is 0.0547 e. The molecule has 0 aliphatic rings. The first-order valence-corrected chi connectivity index (χ1v) is 7.26. The van der Waals surface area contributed by atoms with Gasteiger partial charge in [0, 0.05) is 28.3 Å². The molecule has 19 heavy (non-hydrogen) atoms. The molecule has 0 spiro atoms. The van der Waals surface area contributed by atoms with E-state index in [0.29, 0.717) is 0 Å². The number of benzene rings is 1. The molecule has 0 atom stereocenters. The molecule has 4 heteroatoms. The monoisotopic (exact) mass is 338 g/mol. The van der Waals surface area contributed by atoms with Gasteiger partial charge < -0.3 is 0 Å². The van der Waals surface area contributed by atoms with Crippen molar-refractivity contribution in [1.29, 1.82) is 0 Å². The standard InChI is InChI=1S/C15H16BrClN2/c1-11-4-3-5-14(18-11)10-19(2)9-12-6-7-13(16)8-15(12)17/h3-8H,9-10H2,1-2H3. The highest BCUT2D eigenvalue weighted by Gasteiger charge is 2.06. The van der Waals surface area contributed by atoms with E-state index in [2.05, 4.69) is 32.9 Å². The second-order valence-electron chi connectivity index (χ2n) is 4.68. The topological polar surface area (TPSA) is 16.1 Å². The molecule has 0 aliphatic heterocycles. The van der Waals surface area contributed by atoms with Gasteiger partial charge in [-0.15, -0.1) is 0 Å². The first-order chi connectivity index (χ1) is 9.04. The summed E-state index contributed by atoms with van der Waals surface area (Å²) >= 11 is 9.65. The molecule has 2 nitrogen and oxygen atoms in total. The second kappa shape index (κ2) is 6.51. The molecule has 0 amide bonds. The van der Waals surface area contributed by atoms with Gasteiger partial charge >= 0.3 is 0 Å². The Kier molecular flexibility index (Phi) is 4.97. The third-order valence-electron chi connectivity index (χ3n) is 2.83. The fraction of sp³-hybridized carbons (Fsp3) is 0.267. The van der Waals surface area contributed by atoms with Crippen LogP contribution in [0.25, 0.3) is 0 Å². The molecule has 2 aromatic rings. The molecule has 0 aliphatic carbocycles. The Labute approximate surface area is 127 Å². The molecule has 1 heterocycles. The maximum atomic E-state index is 6.23. The van der Waals surface area contributed by atoms with Crippen molar-refractivity contribution in [2.45, 2.75) is 20.0 Å². The summed E-state index contributed by atoms with van der Waals surface area (Å²) < 4.78 is 1.00. The van der Waals surface area contributed by atoms with Crippen molar-refractivity contribution >= 4 is 27.5 Å². The molecule has 0 bridgehead atoms. The predicted molar refractivity (Wildman–Crippen MR) is 83.3 cm³/mol. The number of halogens is 2. The van der Waals surface area contributed by atoms with Crippen molar-refractivity contribution in [2.24, 2.45) is 0 Å². The van der Waals surface area contributed by atoms with E-state index in [1.54, 1.807) is 0 Å². The zero-order valence-electron chi connectivity index (χ0n) is 11.0. The zero-order valence-corrected chi connectivity index (χ0v) is 13.4. The van der Waals surface area contributed by atoms with E-state index in [1.165, 1.54) is 0 Å². The molecular weight excluding hydrogens is 324 g/mol. The summed E-state index contributed by atoms with van der Waals surface area (Å²) in [7, 11) is 2.07.